The predicted molar refractivity (Wildman–Crippen MR) is 122 cm³/mol. The largest absolute Gasteiger partial charge is 0.361 e. The third-order valence-corrected chi connectivity index (χ3v) is 5.16. The zero-order valence-corrected chi connectivity index (χ0v) is 17.2. The molecule has 0 aliphatic rings. The number of rotatable bonds is 6. The topological polar surface area (TPSA) is 78.9 Å². The smallest absolute Gasteiger partial charge is 0.319 e. The van der Waals surface area contributed by atoms with Crippen molar-refractivity contribution in [3.8, 4) is 0 Å². The highest BCUT2D eigenvalue weighted by molar-refractivity contribution is 6.01. The number of aromatic nitrogens is 2. The first-order valence-electron chi connectivity index (χ1n) is 10.2. The minimum atomic E-state index is -0.283. The lowest BCUT2D eigenvalue weighted by Gasteiger charge is -2.15. The normalized spacial score (nSPS) is 11.3. The molecule has 0 spiro atoms. The molecule has 0 saturated heterocycles. The van der Waals surface area contributed by atoms with Crippen molar-refractivity contribution in [1.29, 1.82) is 0 Å². The van der Waals surface area contributed by atoms with Gasteiger partial charge in [0.1, 0.15) is 0 Å². The first-order chi connectivity index (χ1) is 14.5. The summed E-state index contributed by atoms with van der Waals surface area (Å²) in [6.45, 7) is 5.23. The average molecular weight is 402 g/mol. The minimum Gasteiger partial charge on any atom is -0.361 e. The quantitative estimate of drug-likeness (QED) is 0.444. The molecule has 2 aromatic heterocycles. The molecule has 0 radical (unpaired) electrons. The second kappa shape index (κ2) is 8.45. The van der Waals surface area contributed by atoms with E-state index in [4.69, 9.17) is 0 Å². The Labute approximate surface area is 174 Å². The number of H-pyrrole nitrogens is 1. The van der Waals surface area contributed by atoms with Crippen LogP contribution in [-0.2, 0) is 13.0 Å². The van der Waals surface area contributed by atoms with Crippen LogP contribution in [0.15, 0.2) is 65.7 Å². The fraction of sp³-hybridized carbons (Fsp3) is 0.250. The third kappa shape index (κ3) is 4.08. The Balaban J connectivity index is 1.48. The summed E-state index contributed by atoms with van der Waals surface area (Å²) >= 11 is 0. The molecule has 6 heteroatoms. The van der Waals surface area contributed by atoms with E-state index >= 15 is 0 Å². The van der Waals surface area contributed by atoms with Crippen molar-refractivity contribution >= 4 is 33.4 Å². The average Bonchev–Trinajstić information content (AvgIpc) is 3.14. The molecule has 0 atom stereocenters. The highest BCUT2D eigenvalue weighted by Gasteiger charge is 2.12. The molecule has 0 aliphatic heterocycles. The van der Waals surface area contributed by atoms with Gasteiger partial charge in [0.25, 0.3) is 5.56 Å². The summed E-state index contributed by atoms with van der Waals surface area (Å²) in [6, 6.07) is 15.2. The zero-order valence-electron chi connectivity index (χ0n) is 17.2. The number of carbonyl (C=O) groups is 1. The Bertz CT molecular complexity index is 1250. The van der Waals surface area contributed by atoms with E-state index in [9.17, 15) is 9.59 Å². The second-order valence-electron chi connectivity index (χ2n) is 7.93. The van der Waals surface area contributed by atoms with Crippen molar-refractivity contribution in [2.24, 2.45) is 5.92 Å². The number of nitrogens with zero attached hydrogens (tertiary/aromatic N) is 1. The lowest BCUT2D eigenvalue weighted by Crippen LogP contribution is -2.31. The molecule has 0 bridgehead atoms. The zero-order chi connectivity index (χ0) is 21.1. The Kier molecular flexibility index (Phi) is 5.57. The Hall–Kier alpha value is -3.54. The number of para-hydroxylation sites is 1. The highest BCUT2D eigenvalue weighted by atomic mass is 16.2. The van der Waals surface area contributed by atoms with Gasteiger partial charge in [-0.05, 0) is 30.0 Å². The predicted octanol–water partition coefficient (Wildman–Crippen LogP) is 4.50. The number of anilines is 1. The lowest BCUT2D eigenvalue weighted by atomic mass is 10.1. The first-order valence-corrected chi connectivity index (χ1v) is 10.2. The van der Waals surface area contributed by atoms with Gasteiger partial charge in [-0.15, -0.1) is 0 Å². The van der Waals surface area contributed by atoms with E-state index in [2.05, 4.69) is 35.5 Å². The number of benzene rings is 2. The summed E-state index contributed by atoms with van der Waals surface area (Å²) in [5, 5.41) is 8.37. The number of aromatic amines is 1. The van der Waals surface area contributed by atoms with Crippen LogP contribution >= 0.6 is 0 Å². The maximum atomic E-state index is 12.7. The van der Waals surface area contributed by atoms with Gasteiger partial charge in [-0.3, -0.25) is 4.79 Å². The maximum Gasteiger partial charge on any atom is 0.319 e. The molecule has 30 heavy (non-hydrogen) atoms. The van der Waals surface area contributed by atoms with E-state index in [0.717, 1.165) is 17.3 Å². The van der Waals surface area contributed by atoms with Crippen molar-refractivity contribution in [2.75, 3.05) is 11.9 Å². The van der Waals surface area contributed by atoms with Crippen molar-refractivity contribution in [1.82, 2.24) is 14.9 Å². The van der Waals surface area contributed by atoms with Crippen LogP contribution in [0.4, 0.5) is 10.5 Å². The molecular formula is C24H26N4O2. The molecule has 4 aromatic rings. The van der Waals surface area contributed by atoms with E-state index in [1.165, 1.54) is 10.9 Å². The lowest BCUT2D eigenvalue weighted by molar-refractivity contribution is 0.252. The highest BCUT2D eigenvalue weighted by Crippen LogP contribution is 2.21. The number of pyridine rings is 1. The number of hydrogen-bond acceptors (Lipinski definition) is 2. The van der Waals surface area contributed by atoms with Gasteiger partial charge in [0.2, 0.25) is 0 Å². The number of fused-ring (bicyclic) bond motifs is 2. The standard InChI is InChI=1S/C24H26N4O2/c1-16(2)14-28-15-22(19-8-3-4-9-20(19)23(28)29)27-24(30)25-12-11-17-13-26-21-10-6-5-7-18(17)21/h3-10,13,15-16,26H,11-12,14H2,1-2H3,(H2,25,27,30). The van der Waals surface area contributed by atoms with E-state index in [0.29, 0.717) is 30.1 Å². The second-order valence-corrected chi connectivity index (χ2v) is 7.93. The summed E-state index contributed by atoms with van der Waals surface area (Å²) in [5.74, 6) is 0.321. The number of nitrogens with one attached hydrogen (secondary N) is 3. The number of amides is 2. The van der Waals surface area contributed by atoms with Gasteiger partial charge < -0.3 is 20.2 Å². The maximum absolute atomic E-state index is 12.7. The summed E-state index contributed by atoms with van der Waals surface area (Å²) in [6.07, 6.45) is 4.45. The van der Waals surface area contributed by atoms with Crippen LogP contribution in [0.5, 0.6) is 0 Å². The Morgan fingerprint density at radius 1 is 1.03 bits per heavy atom. The third-order valence-electron chi connectivity index (χ3n) is 5.16. The number of hydrogen-bond donors (Lipinski definition) is 3. The number of carbonyl (C=O) groups excluding carboxylic acids is 1. The van der Waals surface area contributed by atoms with Gasteiger partial charge >= 0.3 is 6.03 Å². The van der Waals surface area contributed by atoms with Crippen LogP contribution in [-0.4, -0.2) is 22.1 Å². The van der Waals surface area contributed by atoms with Crippen molar-refractivity contribution in [3.63, 3.8) is 0 Å². The van der Waals surface area contributed by atoms with Crippen LogP contribution in [0.1, 0.15) is 19.4 Å². The summed E-state index contributed by atoms with van der Waals surface area (Å²) < 4.78 is 1.68. The van der Waals surface area contributed by atoms with Crippen LogP contribution in [0, 0.1) is 5.92 Å². The first kappa shape index (κ1) is 19.8. The fourth-order valence-electron chi connectivity index (χ4n) is 3.79. The van der Waals surface area contributed by atoms with Crippen LogP contribution < -0.4 is 16.2 Å². The molecular weight excluding hydrogens is 376 g/mol. The minimum absolute atomic E-state index is 0.0374. The molecule has 2 amide bonds. The molecule has 4 rings (SSSR count). The van der Waals surface area contributed by atoms with Crippen LogP contribution in [0.3, 0.4) is 0 Å². The molecule has 2 aromatic carbocycles. The fourth-order valence-corrected chi connectivity index (χ4v) is 3.79. The van der Waals surface area contributed by atoms with Gasteiger partial charge in [-0.2, -0.15) is 0 Å². The van der Waals surface area contributed by atoms with E-state index in [1.807, 2.05) is 42.6 Å². The van der Waals surface area contributed by atoms with Crippen molar-refractivity contribution in [2.45, 2.75) is 26.8 Å². The molecule has 3 N–H and O–H groups in total. The summed E-state index contributed by atoms with van der Waals surface area (Å²) in [4.78, 5) is 28.5. The summed E-state index contributed by atoms with van der Waals surface area (Å²) in [7, 11) is 0. The van der Waals surface area contributed by atoms with E-state index in [-0.39, 0.29) is 11.6 Å². The van der Waals surface area contributed by atoms with Gasteiger partial charge in [0.05, 0.1) is 5.69 Å². The molecule has 0 aliphatic carbocycles. The van der Waals surface area contributed by atoms with E-state index in [1.54, 1.807) is 16.8 Å². The van der Waals surface area contributed by atoms with Gasteiger partial charge in [0, 0.05) is 47.2 Å². The van der Waals surface area contributed by atoms with Crippen LogP contribution in [0.25, 0.3) is 21.7 Å². The molecule has 0 unspecified atom stereocenters. The SMILES string of the molecule is CC(C)Cn1cc(NC(=O)NCCc2c[nH]c3ccccc23)c2ccccc2c1=O. The monoisotopic (exact) mass is 402 g/mol. The van der Waals surface area contributed by atoms with Gasteiger partial charge in [0.15, 0.2) is 0 Å². The van der Waals surface area contributed by atoms with Gasteiger partial charge in [-0.25, -0.2) is 4.79 Å². The van der Waals surface area contributed by atoms with Crippen molar-refractivity contribution in [3.05, 3.63) is 76.8 Å². The number of urea groups is 1. The summed E-state index contributed by atoms with van der Waals surface area (Å²) in [5.41, 5.74) is 2.86. The Morgan fingerprint density at radius 2 is 1.73 bits per heavy atom. The molecule has 0 fully saturated rings. The van der Waals surface area contributed by atoms with Crippen molar-refractivity contribution < 1.29 is 4.79 Å². The molecule has 154 valence electrons. The Morgan fingerprint density at radius 3 is 2.50 bits per heavy atom. The molecule has 2 heterocycles. The van der Waals surface area contributed by atoms with E-state index < -0.39 is 0 Å². The van der Waals surface area contributed by atoms with Crippen LogP contribution in [0.2, 0.25) is 0 Å². The molecule has 0 saturated carbocycles. The van der Waals surface area contributed by atoms with Gasteiger partial charge in [-0.1, -0.05) is 50.2 Å². The molecule has 6 nitrogen and oxygen atoms in total.